The minimum Gasteiger partial charge on any atom is -0.507 e. The second-order valence-corrected chi connectivity index (χ2v) is 9.43. The molecule has 4 N–H and O–H groups in total. The summed E-state index contributed by atoms with van der Waals surface area (Å²) in [5, 5.41) is 24.8. The molecular weight excluding hydrogens is 444 g/mol. The highest BCUT2D eigenvalue weighted by Gasteiger charge is 2.28. The zero-order valence-electron chi connectivity index (χ0n) is 20.1. The van der Waals surface area contributed by atoms with E-state index in [1.165, 1.54) is 19.3 Å². The van der Waals surface area contributed by atoms with Crippen LogP contribution in [0.3, 0.4) is 0 Å². The lowest BCUT2D eigenvalue weighted by atomic mass is 10.1. The van der Waals surface area contributed by atoms with E-state index in [9.17, 15) is 14.7 Å². The van der Waals surface area contributed by atoms with Gasteiger partial charge >= 0.3 is 0 Å². The number of phenols is 1. The van der Waals surface area contributed by atoms with Crippen LogP contribution in [0.2, 0.25) is 0 Å². The van der Waals surface area contributed by atoms with Crippen molar-refractivity contribution in [2.75, 3.05) is 33.2 Å². The largest absolute Gasteiger partial charge is 0.507 e. The normalized spacial score (nSPS) is 16.0. The minimum absolute atomic E-state index is 0.0703. The van der Waals surface area contributed by atoms with Gasteiger partial charge in [0.25, 0.3) is 11.8 Å². The van der Waals surface area contributed by atoms with Crippen LogP contribution in [0.25, 0.3) is 10.9 Å². The number of phenolic OH excluding ortho intramolecular Hbond substituents is 1. The molecule has 2 aliphatic rings. The van der Waals surface area contributed by atoms with Gasteiger partial charge in [-0.05, 0) is 62.3 Å². The molecule has 35 heavy (non-hydrogen) atoms. The molecule has 3 aromatic rings. The maximum absolute atomic E-state index is 13.4. The van der Waals surface area contributed by atoms with Crippen LogP contribution < -0.4 is 10.6 Å². The van der Waals surface area contributed by atoms with Gasteiger partial charge in [0.1, 0.15) is 5.75 Å². The van der Waals surface area contributed by atoms with Crippen LogP contribution in [-0.2, 0) is 19.6 Å². The highest BCUT2D eigenvalue weighted by molar-refractivity contribution is 6.01. The number of hydrogen-bond acceptors (Lipinski definition) is 6. The van der Waals surface area contributed by atoms with Crippen LogP contribution in [0.1, 0.15) is 56.8 Å². The molecule has 2 aliphatic heterocycles. The Morgan fingerprint density at radius 3 is 2.66 bits per heavy atom. The number of carbonyl (C=O) groups excluding carboxylic acids is 2. The topological polar surface area (TPSA) is 114 Å². The van der Waals surface area contributed by atoms with Crippen LogP contribution in [0.4, 0.5) is 0 Å². The molecule has 0 saturated carbocycles. The van der Waals surface area contributed by atoms with E-state index in [1.807, 2.05) is 19.2 Å². The number of carbonyl (C=O) groups is 2. The summed E-state index contributed by atoms with van der Waals surface area (Å²) in [6.45, 7) is 4.96. The molecule has 0 radical (unpaired) electrons. The zero-order chi connectivity index (χ0) is 24.4. The van der Waals surface area contributed by atoms with Crippen molar-refractivity contribution in [1.29, 1.82) is 0 Å². The van der Waals surface area contributed by atoms with Gasteiger partial charge in [0.2, 0.25) is 0 Å². The number of likely N-dealkylation sites (tertiary alicyclic amines) is 1. The Bertz CT molecular complexity index is 1250. The van der Waals surface area contributed by atoms with Crippen molar-refractivity contribution in [3.63, 3.8) is 0 Å². The molecule has 0 spiro atoms. The van der Waals surface area contributed by atoms with Gasteiger partial charge in [-0.15, -0.1) is 0 Å². The zero-order valence-corrected chi connectivity index (χ0v) is 20.1. The second-order valence-electron chi connectivity index (χ2n) is 9.43. The number of piperidine rings is 1. The number of fused-ring (bicyclic) bond motifs is 2. The molecule has 9 heteroatoms. The number of aromatic hydroxyl groups is 1. The van der Waals surface area contributed by atoms with E-state index in [0.717, 1.165) is 41.8 Å². The first-order valence-electron chi connectivity index (χ1n) is 12.3. The molecule has 0 atom stereocenters. The third-order valence-corrected chi connectivity index (χ3v) is 6.95. The average molecular weight is 477 g/mol. The van der Waals surface area contributed by atoms with E-state index in [0.29, 0.717) is 37.3 Å². The molecule has 2 aromatic carbocycles. The number of rotatable bonds is 7. The fourth-order valence-corrected chi connectivity index (χ4v) is 4.99. The lowest BCUT2D eigenvalue weighted by Crippen LogP contribution is -2.30. The van der Waals surface area contributed by atoms with Crippen molar-refractivity contribution < 1.29 is 14.7 Å². The lowest BCUT2D eigenvalue weighted by Gasteiger charge is -2.25. The predicted octanol–water partition coefficient (Wildman–Crippen LogP) is 2.36. The Kier molecular flexibility index (Phi) is 6.70. The summed E-state index contributed by atoms with van der Waals surface area (Å²) < 4.78 is 0. The van der Waals surface area contributed by atoms with Crippen molar-refractivity contribution in [3.8, 4) is 5.75 Å². The molecule has 1 fully saturated rings. The minimum atomic E-state index is -0.231. The number of nitrogens with one attached hydrogen (secondary N) is 3. The molecule has 2 amide bonds. The quantitative estimate of drug-likeness (QED) is 0.390. The Labute approximate surface area is 204 Å². The molecule has 5 rings (SSSR count). The summed E-state index contributed by atoms with van der Waals surface area (Å²) >= 11 is 0. The van der Waals surface area contributed by atoms with E-state index in [1.54, 1.807) is 23.1 Å². The Hall–Kier alpha value is -3.43. The molecular formula is C26H32N6O3. The van der Waals surface area contributed by atoms with Crippen LogP contribution in [0.15, 0.2) is 30.3 Å². The molecule has 1 saturated heterocycles. The maximum Gasteiger partial charge on any atom is 0.258 e. The fraction of sp³-hybridized carbons (Fsp3) is 0.423. The maximum atomic E-state index is 13.4. The smallest absolute Gasteiger partial charge is 0.258 e. The monoisotopic (exact) mass is 476 g/mol. The van der Waals surface area contributed by atoms with Crippen LogP contribution in [0.5, 0.6) is 5.75 Å². The first kappa shape index (κ1) is 23.3. The lowest BCUT2D eigenvalue weighted by molar-refractivity contribution is 0.0748. The van der Waals surface area contributed by atoms with Gasteiger partial charge in [-0.3, -0.25) is 19.6 Å². The predicted molar refractivity (Wildman–Crippen MR) is 133 cm³/mol. The molecule has 1 aromatic heterocycles. The summed E-state index contributed by atoms with van der Waals surface area (Å²) in [5.41, 5.74) is 4.45. The summed E-state index contributed by atoms with van der Waals surface area (Å²) in [6.07, 6.45) is 3.67. The van der Waals surface area contributed by atoms with Gasteiger partial charge in [0.15, 0.2) is 0 Å². The van der Waals surface area contributed by atoms with Crippen LogP contribution in [0, 0.1) is 0 Å². The number of H-pyrrole nitrogens is 1. The summed E-state index contributed by atoms with van der Waals surface area (Å²) in [6, 6.07) is 8.89. The summed E-state index contributed by atoms with van der Waals surface area (Å²) in [4.78, 5) is 29.9. The summed E-state index contributed by atoms with van der Waals surface area (Å²) in [7, 11) is 1.84. The van der Waals surface area contributed by atoms with Gasteiger partial charge in [-0.25, -0.2) is 0 Å². The number of aromatic nitrogens is 2. The van der Waals surface area contributed by atoms with E-state index >= 15 is 0 Å². The standard InChI is InChI=1S/C26H32N6O3/c1-27-7-8-28-25(34)17-5-6-18-14-32(15-19(18)11-17)26(35)21-12-20-22(13-24(21)33)29-30-23(20)16-31-9-3-2-4-10-31/h5-6,11-13,27,33H,2-4,7-10,14-16H2,1H3,(H,28,34)(H,29,30). The molecule has 9 nitrogen and oxygen atoms in total. The number of amides is 2. The van der Waals surface area contributed by atoms with Crippen LogP contribution in [-0.4, -0.2) is 70.1 Å². The molecule has 3 heterocycles. The third-order valence-electron chi connectivity index (χ3n) is 6.95. The first-order valence-corrected chi connectivity index (χ1v) is 12.3. The van der Waals surface area contributed by atoms with E-state index in [-0.39, 0.29) is 23.1 Å². The number of nitrogens with zero attached hydrogens (tertiary/aromatic N) is 3. The number of likely N-dealkylation sites (N-methyl/N-ethyl adjacent to an activating group) is 1. The van der Waals surface area contributed by atoms with Crippen molar-refractivity contribution in [2.24, 2.45) is 0 Å². The van der Waals surface area contributed by atoms with Gasteiger partial charge in [0, 0.05) is 49.7 Å². The molecule has 0 unspecified atom stereocenters. The van der Waals surface area contributed by atoms with Crippen molar-refractivity contribution in [2.45, 2.75) is 38.9 Å². The number of benzene rings is 2. The summed E-state index contributed by atoms with van der Waals surface area (Å²) in [5.74, 6) is -0.429. The van der Waals surface area contributed by atoms with Gasteiger partial charge in [-0.1, -0.05) is 12.5 Å². The van der Waals surface area contributed by atoms with E-state index < -0.39 is 0 Å². The Morgan fingerprint density at radius 1 is 1.06 bits per heavy atom. The van der Waals surface area contributed by atoms with Gasteiger partial charge in [0.05, 0.1) is 16.8 Å². The number of hydrogen-bond donors (Lipinski definition) is 4. The van der Waals surface area contributed by atoms with Crippen molar-refractivity contribution in [3.05, 3.63) is 58.3 Å². The first-order chi connectivity index (χ1) is 17.0. The Morgan fingerprint density at radius 2 is 1.86 bits per heavy atom. The Balaban J connectivity index is 1.33. The van der Waals surface area contributed by atoms with Crippen LogP contribution >= 0.6 is 0 Å². The average Bonchev–Trinajstić information content (AvgIpc) is 3.47. The van der Waals surface area contributed by atoms with Gasteiger partial charge < -0.3 is 20.6 Å². The van der Waals surface area contributed by atoms with E-state index in [2.05, 4.69) is 25.7 Å². The van der Waals surface area contributed by atoms with Gasteiger partial charge in [-0.2, -0.15) is 5.10 Å². The van der Waals surface area contributed by atoms with E-state index in [4.69, 9.17) is 0 Å². The highest BCUT2D eigenvalue weighted by Crippen LogP contribution is 2.31. The van der Waals surface area contributed by atoms with Crippen molar-refractivity contribution >= 4 is 22.7 Å². The molecule has 184 valence electrons. The fourth-order valence-electron chi connectivity index (χ4n) is 4.99. The van der Waals surface area contributed by atoms with Crippen molar-refractivity contribution in [1.82, 2.24) is 30.6 Å². The highest BCUT2D eigenvalue weighted by atomic mass is 16.3. The third kappa shape index (κ3) is 4.87. The molecule has 0 aliphatic carbocycles. The second kappa shape index (κ2) is 10.1. The SMILES string of the molecule is CNCCNC(=O)c1ccc2c(c1)CN(C(=O)c1cc3c(CN4CCCCC4)[nH]nc3cc1O)C2. The number of aromatic amines is 1. The molecule has 0 bridgehead atoms.